The number of carbonyl (C=O) groups is 2. The van der Waals surface area contributed by atoms with Crippen LogP contribution in [0.5, 0.6) is 11.6 Å². The highest BCUT2D eigenvalue weighted by molar-refractivity contribution is 6.42. The molecule has 2 N–H and O–H groups in total. The molecule has 1 aromatic heterocycles. The Morgan fingerprint density at radius 3 is 2.69 bits per heavy atom. The molecule has 0 aliphatic heterocycles. The van der Waals surface area contributed by atoms with Crippen molar-refractivity contribution in [2.24, 2.45) is 5.92 Å². The van der Waals surface area contributed by atoms with Gasteiger partial charge in [0.15, 0.2) is 0 Å². The van der Waals surface area contributed by atoms with Gasteiger partial charge in [-0.3, -0.25) is 9.59 Å². The summed E-state index contributed by atoms with van der Waals surface area (Å²) in [5.74, 6) is -1.16. The highest BCUT2D eigenvalue weighted by Gasteiger charge is 2.34. The Morgan fingerprint density at radius 1 is 1.19 bits per heavy atom. The van der Waals surface area contributed by atoms with Crippen LogP contribution in [0.2, 0.25) is 10.0 Å². The molecule has 0 bridgehead atoms. The minimum Gasteiger partial charge on any atom is -0.481 e. The molecule has 136 valence electrons. The topological polar surface area (TPSA) is 88.5 Å². The number of nitrogens with one attached hydrogen (secondary N) is 1. The summed E-state index contributed by atoms with van der Waals surface area (Å²) in [6.45, 7) is 0. The lowest BCUT2D eigenvalue weighted by Gasteiger charge is -2.17. The van der Waals surface area contributed by atoms with Crippen molar-refractivity contribution in [2.45, 2.75) is 25.3 Å². The number of benzene rings is 1. The minimum absolute atomic E-state index is 0.259. The van der Waals surface area contributed by atoms with Gasteiger partial charge in [-0.2, -0.15) is 0 Å². The molecule has 1 heterocycles. The molecule has 1 aliphatic carbocycles. The van der Waals surface area contributed by atoms with Crippen LogP contribution in [-0.4, -0.2) is 28.0 Å². The molecule has 0 radical (unpaired) electrons. The van der Waals surface area contributed by atoms with Crippen LogP contribution in [-0.2, 0) is 4.79 Å². The number of aromatic nitrogens is 1. The first kappa shape index (κ1) is 18.5. The van der Waals surface area contributed by atoms with Gasteiger partial charge in [-0.05, 0) is 31.0 Å². The van der Waals surface area contributed by atoms with Gasteiger partial charge in [0.2, 0.25) is 5.88 Å². The number of hydrogen-bond donors (Lipinski definition) is 2. The van der Waals surface area contributed by atoms with E-state index in [4.69, 9.17) is 27.9 Å². The molecule has 6 nitrogen and oxygen atoms in total. The van der Waals surface area contributed by atoms with Crippen LogP contribution in [0.15, 0.2) is 36.5 Å². The largest absolute Gasteiger partial charge is 0.481 e. The number of halogens is 2. The van der Waals surface area contributed by atoms with Gasteiger partial charge in [0.1, 0.15) is 10.8 Å². The summed E-state index contributed by atoms with van der Waals surface area (Å²) in [7, 11) is 0. The molecule has 0 saturated heterocycles. The van der Waals surface area contributed by atoms with Gasteiger partial charge in [-0.25, -0.2) is 4.98 Å². The molecular formula is C18H16Cl2N2O4. The minimum atomic E-state index is -0.881. The SMILES string of the molecule is O=C(N[C@H]1CCC[C@H]1C(=O)O)c1ccc(Oc2cccc(Cl)c2Cl)nc1. The van der Waals surface area contributed by atoms with Crippen LogP contribution in [0.3, 0.4) is 0 Å². The first-order valence-corrected chi connectivity index (χ1v) is 8.83. The first-order chi connectivity index (χ1) is 12.5. The standard InChI is InChI=1S/C18H16Cl2N2O4/c19-12-4-2-6-14(16(12)20)26-15-8-7-10(9-21-15)17(23)22-13-5-1-3-11(13)18(24)25/h2,4,6-9,11,13H,1,3,5H2,(H,22,23)(H,24,25)/t11-,13+/m1/s1. The zero-order chi connectivity index (χ0) is 18.7. The molecule has 3 rings (SSSR count). The average molecular weight is 395 g/mol. The number of amides is 1. The second-order valence-corrected chi connectivity index (χ2v) is 6.78. The number of carboxylic acids is 1. The first-order valence-electron chi connectivity index (χ1n) is 8.07. The summed E-state index contributed by atoms with van der Waals surface area (Å²) < 4.78 is 5.57. The summed E-state index contributed by atoms with van der Waals surface area (Å²) in [6, 6.07) is 7.73. The van der Waals surface area contributed by atoms with E-state index < -0.39 is 11.9 Å². The number of rotatable bonds is 5. The van der Waals surface area contributed by atoms with E-state index in [0.29, 0.717) is 29.2 Å². The van der Waals surface area contributed by atoms with Gasteiger partial charge in [0.25, 0.3) is 5.91 Å². The van der Waals surface area contributed by atoms with Crippen molar-refractivity contribution in [3.05, 3.63) is 52.1 Å². The second kappa shape index (κ2) is 7.93. The number of hydrogen-bond acceptors (Lipinski definition) is 4. The van der Waals surface area contributed by atoms with E-state index in [1.165, 1.54) is 12.3 Å². The Kier molecular flexibility index (Phi) is 5.64. The fourth-order valence-corrected chi connectivity index (χ4v) is 3.26. The van der Waals surface area contributed by atoms with E-state index in [2.05, 4.69) is 10.3 Å². The van der Waals surface area contributed by atoms with E-state index in [1.807, 2.05) is 0 Å². The number of carboxylic acid groups (broad SMARTS) is 1. The van der Waals surface area contributed by atoms with E-state index in [9.17, 15) is 14.7 Å². The number of carbonyl (C=O) groups excluding carboxylic acids is 1. The predicted molar refractivity (Wildman–Crippen MR) is 97.0 cm³/mol. The second-order valence-electron chi connectivity index (χ2n) is 5.99. The third-order valence-corrected chi connectivity index (χ3v) is 5.08. The van der Waals surface area contributed by atoms with Crippen molar-refractivity contribution in [1.29, 1.82) is 0 Å². The third kappa shape index (κ3) is 4.08. The molecular weight excluding hydrogens is 379 g/mol. The third-order valence-electron chi connectivity index (χ3n) is 4.28. The summed E-state index contributed by atoms with van der Waals surface area (Å²) >= 11 is 12.0. The molecule has 2 aromatic rings. The van der Waals surface area contributed by atoms with Gasteiger partial charge >= 0.3 is 5.97 Å². The molecule has 1 aromatic carbocycles. The van der Waals surface area contributed by atoms with Crippen molar-refractivity contribution < 1.29 is 19.4 Å². The molecule has 2 atom stereocenters. The maximum atomic E-state index is 12.3. The highest BCUT2D eigenvalue weighted by Crippen LogP contribution is 2.34. The molecule has 0 spiro atoms. The van der Waals surface area contributed by atoms with Gasteiger partial charge in [-0.15, -0.1) is 0 Å². The predicted octanol–water partition coefficient (Wildman–Crippen LogP) is 4.16. The van der Waals surface area contributed by atoms with Gasteiger partial charge < -0.3 is 15.2 Å². The summed E-state index contributed by atoms with van der Waals surface area (Å²) in [4.78, 5) is 27.6. The molecule has 1 saturated carbocycles. The highest BCUT2D eigenvalue weighted by atomic mass is 35.5. The van der Waals surface area contributed by atoms with E-state index >= 15 is 0 Å². The van der Waals surface area contributed by atoms with Crippen LogP contribution < -0.4 is 10.1 Å². The lowest BCUT2D eigenvalue weighted by molar-refractivity contribution is -0.142. The van der Waals surface area contributed by atoms with Crippen LogP contribution in [0.1, 0.15) is 29.6 Å². The molecule has 1 fully saturated rings. The Balaban J connectivity index is 1.66. The number of nitrogens with zero attached hydrogens (tertiary/aromatic N) is 1. The van der Waals surface area contributed by atoms with Crippen molar-refractivity contribution in [1.82, 2.24) is 10.3 Å². The maximum Gasteiger partial charge on any atom is 0.308 e. The van der Waals surface area contributed by atoms with Crippen molar-refractivity contribution >= 4 is 35.1 Å². The molecule has 8 heteroatoms. The van der Waals surface area contributed by atoms with Crippen LogP contribution >= 0.6 is 23.2 Å². The van der Waals surface area contributed by atoms with Crippen LogP contribution in [0.4, 0.5) is 0 Å². The lowest BCUT2D eigenvalue weighted by atomic mass is 10.0. The summed E-state index contributed by atoms with van der Waals surface area (Å²) in [5, 5.41) is 12.6. The summed E-state index contributed by atoms with van der Waals surface area (Å²) in [6.07, 6.45) is 3.39. The number of ether oxygens (including phenoxy) is 1. The van der Waals surface area contributed by atoms with E-state index in [-0.39, 0.29) is 22.9 Å². The van der Waals surface area contributed by atoms with Crippen LogP contribution in [0, 0.1) is 5.92 Å². The molecule has 1 amide bonds. The average Bonchev–Trinajstić information content (AvgIpc) is 3.08. The Hall–Kier alpha value is -2.31. The monoisotopic (exact) mass is 394 g/mol. The van der Waals surface area contributed by atoms with Gasteiger partial charge in [0.05, 0.1) is 16.5 Å². The number of aliphatic carboxylic acids is 1. The van der Waals surface area contributed by atoms with E-state index in [0.717, 1.165) is 6.42 Å². The fraction of sp³-hybridized carbons (Fsp3) is 0.278. The molecule has 0 unspecified atom stereocenters. The zero-order valence-electron chi connectivity index (χ0n) is 13.6. The summed E-state index contributed by atoms with van der Waals surface area (Å²) in [5.41, 5.74) is 0.325. The van der Waals surface area contributed by atoms with Crippen molar-refractivity contribution in [2.75, 3.05) is 0 Å². The normalized spacial score (nSPS) is 19.2. The maximum absolute atomic E-state index is 12.3. The van der Waals surface area contributed by atoms with Gasteiger partial charge in [-0.1, -0.05) is 35.7 Å². The lowest BCUT2D eigenvalue weighted by Crippen LogP contribution is -2.40. The van der Waals surface area contributed by atoms with Gasteiger partial charge in [0, 0.05) is 18.3 Å². The smallest absolute Gasteiger partial charge is 0.308 e. The van der Waals surface area contributed by atoms with Crippen molar-refractivity contribution in [3.8, 4) is 11.6 Å². The number of pyridine rings is 1. The zero-order valence-corrected chi connectivity index (χ0v) is 15.1. The Morgan fingerprint density at radius 2 is 2.00 bits per heavy atom. The quantitative estimate of drug-likeness (QED) is 0.794. The van der Waals surface area contributed by atoms with Crippen LogP contribution in [0.25, 0.3) is 0 Å². The van der Waals surface area contributed by atoms with E-state index in [1.54, 1.807) is 24.3 Å². The van der Waals surface area contributed by atoms with Crippen molar-refractivity contribution in [3.63, 3.8) is 0 Å². The fourth-order valence-electron chi connectivity index (χ4n) is 2.93. The Bertz CT molecular complexity index is 826. The molecule has 1 aliphatic rings. The molecule has 26 heavy (non-hydrogen) atoms. The Labute approximate surface area is 160 Å².